The molecule has 0 aromatic rings. The zero-order valence-corrected chi connectivity index (χ0v) is 8.02. The molecule has 0 aromatic heterocycles. The zero-order chi connectivity index (χ0) is 9.38. The van der Waals surface area contributed by atoms with Gasteiger partial charge in [-0.2, -0.15) is 0 Å². The Bertz CT molecular complexity index is 363. The Labute approximate surface area is 83.7 Å². The Kier molecular flexibility index (Phi) is 1.79. The van der Waals surface area contributed by atoms with Gasteiger partial charge in [0, 0.05) is 18.6 Å². The van der Waals surface area contributed by atoms with Gasteiger partial charge in [0.25, 0.3) is 0 Å². The lowest BCUT2D eigenvalue weighted by molar-refractivity contribution is 0.0922. The molecule has 0 amide bonds. The average Bonchev–Trinajstić information content (AvgIpc) is 2.26. The summed E-state index contributed by atoms with van der Waals surface area (Å²) in [5.74, 6) is 1.68. The SMILES string of the molecule is C1=CCC2CC3=CCC=NC3OC2=C1. The summed E-state index contributed by atoms with van der Waals surface area (Å²) in [5.41, 5.74) is 1.37. The van der Waals surface area contributed by atoms with Crippen molar-refractivity contribution in [3.05, 3.63) is 35.6 Å². The number of fused-ring (bicyclic) bond motifs is 2. The van der Waals surface area contributed by atoms with Crippen LogP contribution in [0.2, 0.25) is 0 Å². The predicted molar refractivity (Wildman–Crippen MR) is 56.0 cm³/mol. The van der Waals surface area contributed by atoms with E-state index in [4.69, 9.17) is 4.74 Å². The van der Waals surface area contributed by atoms with Gasteiger partial charge < -0.3 is 4.74 Å². The molecule has 3 rings (SSSR count). The summed E-state index contributed by atoms with van der Waals surface area (Å²) < 4.78 is 5.84. The van der Waals surface area contributed by atoms with Crippen molar-refractivity contribution in [1.82, 2.24) is 0 Å². The van der Waals surface area contributed by atoms with E-state index in [1.807, 2.05) is 6.21 Å². The van der Waals surface area contributed by atoms with Crippen LogP contribution in [-0.4, -0.2) is 12.4 Å². The lowest BCUT2D eigenvalue weighted by Crippen LogP contribution is -2.27. The van der Waals surface area contributed by atoms with Crippen molar-refractivity contribution in [2.24, 2.45) is 10.9 Å². The van der Waals surface area contributed by atoms with E-state index < -0.39 is 0 Å². The molecule has 2 unspecified atom stereocenters. The maximum atomic E-state index is 5.84. The van der Waals surface area contributed by atoms with Gasteiger partial charge in [-0.05, 0) is 24.5 Å². The molecule has 0 N–H and O–H groups in total. The molecule has 0 bridgehead atoms. The highest BCUT2D eigenvalue weighted by Gasteiger charge is 2.30. The largest absolute Gasteiger partial charge is 0.469 e. The summed E-state index contributed by atoms with van der Waals surface area (Å²) in [7, 11) is 0. The monoisotopic (exact) mass is 187 g/mol. The number of allylic oxidation sites excluding steroid dienone is 5. The van der Waals surface area contributed by atoms with Crippen molar-refractivity contribution in [3.63, 3.8) is 0 Å². The van der Waals surface area contributed by atoms with Crippen LogP contribution < -0.4 is 0 Å². The Morgan fingerprint density at radius 2 is 2.43 bits per heavy atom. The van der Waals surface area contributed by atoms with E-state index in [1.54, 1.807) is 0 Å². The number of hydrogen-bond donors (Lipinski definition) is 0. The van der Waals surface area contributed by atoms with Crippen molar-refractivity contribution in [2.75, 3.05) is 0 Å². The minimum atomic E-state index is -0.0160. The van der Waals surface area contributed by atoms with E-state index in [-0.39, 0.29) is 6.23 Å². The fourth-order valence-corrected chi connectivity index (χ4v) is 2.24. The highest BCUT2D eigenvalue weighted by molar-refractivity contribution is 5.62. The van der Waals surface area contributed by atoms with Crippen LogP contribution in [0, 0.1) is 5.92 Å². The molecule has 1 saturated heterocycles. The second-order valence-electron chi connectivity index (χ2n) is 3.95. The number of hydrogen-bond acceptors (Lipinski definition) is 2. The van der Waals surface area contributed by atoms with Gasteiger partial charge in [-0.15, -0.1) is 0 Å². The molecule has 2 heteroatoms. The number of nitrogens with zero attached hydrogens (tertiary/aromatic N) is 1. The van der Waals surface area contributed by atoms with Crippen molar-refractivity contribution in [3.8, 4) is 0 Å². The first kappa shape index (κ1) is 8.04. The lowest BCUT2D eigenvalue weighted by atomic mass is 9.87. The highest BCUT2D eigenvalue weighted by Crippen LogP contribution is 2.37. The van der Waals surface area contributed by atoms with Crippen LogP contribution in [0.15, 0.2) is 40.6 Å². The van der Waals surface area contributed by atoms with Gasteiger partial charge in [-0.3, -0.25) is 4.99 Å². The third-order valence-electron chi connectivity index (χ3n) is 2.99. The molecule has 2 atom stereocenters. The van der Waals surface area contributed by atoms with E-state index >= 15 is 0 Å². The van der Waals surface area contributed by atoms with Crippen LogP contribution >= 0.6 is 0 Å². The summed E-state index contributed by atoms with van der Waals surface area (Å²) >= 11 is 0. The smallest absolute Gasteiger partial charge is 0.210 e. The van der Waals surface area contributed by atoms with Crippen molar-refractivity contribution < 1.29 is 4.74 Å². The van der Waals surface area contributed by atoms with E-state index in [1.165, 1.54) is 5.57 Å². The summed E-state index contributed by atoms with van der Waals surface area (Å²) in [4.78, 5) is 4.36. The number of dihydropyridines is 1. The van der Waals surface area contributed by atoms with Gasteiger partial charge in [0.1, 0.15) is 5.76 Å². The number of ether oxygens (including phenoxy) is 1. The van der Waals surface area contributed by atoms with Crippen molar-refractivity contribution in [1.29, 1.82) is 0 Å². The summed E-state index contributed by atoms with van der Waals surface area (Å²) in [5, 5.41) is 0. The molecule has 2 aliphatic heterocycles. The molecule has 2 heterocycles. The Balaban J connectivity index is 1.89. The first-order valence-corrected chi connectivity index (χ1v) is 5.17. The zero-order valence-electron chi connectivity index (χ0n) is 8.02. The molecular formula is C12H13NO. The fraction of sp³-hybridized carbons (Fsp3) is 0.417. The maximum Gasteiger partial charge on any atom is 0.210 e. The Hall–Kier alpha value is -1.31. The van der Waals surface area contributed by atoms with Gasteiger partial charge >= 0.3 is 0 Å². The lowest BCUT2D eigenvalue weighted by Gasteiger charge is -2.34. The standard InChI is InChI=1S/C12H13NO/c1-2-6-11-9(4-1)8-10-5-3-7-13-12(10)14-11/h1-2,5-7,9,12H,3-4,8H2. The fourth-order valence-electron chi connectivity index (χ4n) is 2.24. The van der Waals surface area contributed by atoms with Crippen LogP contribution in [0.25, 0.3) is 0 Å². The molecule has 72 valence electrons. The highest BCUT2D eigenvalue weighted by atomic mass is 16.5. The third-order valence-corrected chi connectivity index (χ3v) is 2.99. The third kappa shape index (κ3) is 1.22. The van der Waals surface area contributed by atoms with Crippen LogP contribution in [0.4, 0.5) is 0 Å². The summed E-state index contributed by atoms with van der Waals surface area (Å²) in [6, 6.07) is 0. The van der Waals surface area contributed by atoms with Gasteiger partial charge in [-0.25, -0.2) is 0 Å². The molecule has 3 aliphatic rings. The van der Waals surface area contributed by atoms with Gasteiger partial charge in [-0.1, -0.05) is 18.2 Å². The van der Waals surface area contributed by atoms with E-state index in [0.29, 0.717) is 5.92 Å². The van der Waals surface area contributed by atoms with Gasteiger partial charge in [0.05, 0.1) is 0 Å². The molecule has 2 nitrogen and oxygen atoms in total. The van der Waals surface area contributed by atoms with Crippen LogP contribution in [0.5, 0.6) is 0 Å². The molecule has 0 aromatic carbocycles. The molecule has 1 aliphatic carbocycles. The molecule has 0 radical (unpaired) electrons. The quantitative estimate of drug-likeness (QED) is 0.534. The maximum absolute atomic E-state index is 5.84. The second kappa shape index (κ2) is 3.12. The Morgan fingerprint density at radius 3 is 3.43 bits per heavy atom. The van der Waals surface area contributed by atoms with Crippen molar-refractivity contribution in [2.45, 2.75) is 25.5 Å². The van der Waals surface area contributed by atoms with Crippen LogP contribution in [-0.2, 0) is 4.74 Å². The predicted octanol–water partition coefficient (Wildman–Crippen LogP) is 2.59. The van der Waals surface area contributed by atoms with Gasteiger partial charge in [0.2, 0.25) is 6.23 Å². The number of rotatable bonds is 0. The molecule has 1 fully saturated rings. The summed E-state index contributed by atoms with van der Waals surface area (Å²) in [6.07, 6.45) is 13.7. The van der Waals surface area contributed by atoms with Gasteiger partial charge in [0.15, 0.2) is 0 Å². The van der Waals surface area contributed by atoms with E-state index in [2.05, 4.69) is 29.3 Å². The minimum absolute atomic E-state index is 0.0160. The molecular weight excluding hydrogens is 174 g/mol. The molecule has 14 heavy (non-hydrogen) atoms. The molecule has 0 saturated carbocycles. The first-order chi connectivity index (χ1) is 6.93. The van der Waals surface area contributed by atoms with E-state index in [9.17, 15) is 0 Å². The van der Waals surface area contributed by atoms with Crippen LogP contribution in [0.1, 0.15) is 19.3 Å². The molecule has 0 spiro atoms. The normalized spacial score (nSPS) is 33.7. The second-order valence-corrected chi connectivity index (χ2v) is 3.95. The van der Waals surface area contributed by atoms with Crippen LogP contribution in [0.3, 0.4) is 0 Å². The van der Waals surface area contributed by atoms with E-state index in [0.717, 1.165) is 25.0 Å². The number of aliphatic imine (C=N–C) groups is 1. The Morgan fingerprint density at radius 1 is 1.43 bits per heavy atom. The average molecular weight is 187 g/mol. The minimum Gasteiger partial charge on any atom is -0.469 e. The first-order valence-electron chi connectivity index (χ1n) is 5.17. The summed E-state index contributed by atoms with van der Waals surface area (Å²) in [6.45, 7) is 0. The topological polar surface area (TPSA) is 21.6 Å². The van der Waals surface area contributed by atoms with Crippen molar-refractivity contribution >= 4 is 6.21 Å².